The van der Waals surface area contributed by atoms with E-state index in [4.69, 9.17) is 13.6 Å². The van der Waals surface area contributed by atoms with Crippen molar-refractivity contribution >= 4 is 16.8 Å². The Bertz CT molecular complexity index is 1110. The molecule has 0 bridgehead atoms. The molecule has 2 atom stereocenters. The maximum Gasteiger partial charge on any atom is 0.237 e. The van der Waals surface area contributed by atoms with E-state index in [2.05, 4.69) is 15.6 Å². The van der Waals surface area contributed by atoms with Crippen molar-refractivity contribution in [1.29, 1.82) is 0 Å². The topological polar surface area (TPSA) is 75.4 Å². The maximum absolute atomic E-state index is 12.7. The summed E-state index contributed by atoms with van der Waals surface area (Å²) in [4.78, 5) is 16.1. The number of para-hydroxylation sites is 1. The van der Waals surface area contributed by atoms with Gasteiger partial charge < -0.3 is 19.8 Å². The van der Waals surface area contributed by atoms with Gasteiger partial charge in [0.2, 0.25) is 12.7 Å². The highest BCUT2D eigenvalue weighted by molar-refractivity contribution is 5.88. The van der Waals surface area contributed by atoms with Crippen molar-refractivity contribution in [2.75, 3.05) is 13.8 Å². The maximum atomic E-state index is 12.7. The summed E-state index contributed by atoms with van der Waals surface area (Å²) in [5.41, 5.74) is 3.84. The van der Waals surface area contributed by atoms with Gasteiger partial charge in [-0.3, -0.25) is 10.1 Å². The van der Waals surface area contributed by atoms with Crippen molar-refractivity contribution in [3.05, 3.63) is 59.3 Å². The minimum Gasteiger partial charge on any atom is -0.454 e. The number of amides is 1. The average molecular weight is 352 g/mol. The van der Waals surface area contributed by atoms with Crippen LogP contribution >= 0.6 is 0 Å². The molecule has 132 valence electrons. The number of H-pyrrole nitrogens is 1. The number of ether oxygens (including phenoxy) is 2. The lowest BCUT2D eigenvalue weighted by Crippen LogP contribution is -2.49. The summed E-state index contributed by atoms with van der Waals surface area (Å²) in [6, 6.07) is 12.5. The minimum absolute atomic E-state index is 0.179. The average Bonchev–Trinajstić information content (AvgIpc) is 3.29. The summed E-state index contributed by atoms with van der Waals surface area (Å²) in [5, 5.41) is 6.46. The van der Waals surface area contributed by atoms with Gasteiger partial charge in [0.05, 0.1) is 12.1 Å². The van der Waals surface area contributed by atoms with Crippen molar-refractivity contribution in [2.45, 2.75) is 18.5 Å². The van der Waals surface area contributed by atoms with Crippen LogP contribution in [-0.2, 0) is 11.2 Å². The molecule has 3 aromatic rings. The third-order valence-corrected chi connectivity index (χ3v) is 5.08. The van der Waals surface area contributed by atoms with Crippen LogP contribution < -0.4 is 20.1 Å². The first-order chi connectivity index (χ1) is 13.9. The predicted octanol–water partition coefficient (Wildman–Crippen LogP) is 2.25. The molecular formula is C20H19N3O3. The fraction of sp³-hybridized carbons (Fsp3) is 0.250. The van der Waals surface area contributed by atoms with Gasteiger partial charge in [-0.05, 0) is 35.7 Å². The standard InChI is InChI=1S/C20H19N3O3/c1-21-20(24)15-9-13-12-4-2-3-5-14(12)22-19(13)18(23-15)11-6-7-16-17(8-11)26-10-25-16/h2-8,15,18,22-23H,9-10H2,1H3,(H,21,24)/t15-,18+/m1/s1/i1D3. The van der Waals surface area contributed by atoms with Gasteiger partial charge in [0.15, 0.2) is 11.5 Å². The number of aromatic amines is 1. The molecule has 0 fully saturated rings. The lowest BCUT2D eigenvalue weighted by atomic mass is 9.90. The van der Waals surface area contributed by atoms with E-state index in [1.165, 1.54) is 0 Å². The molecule has 2 aliphatic rings. The van der Waals surface area contributed by atoms with Crippen LogP contribution in [0.3, 0.4) is 0 Å². The Labute approximate surface area is 154 Å². The van der Waals surface area contributed by atoms with E-state index in [1.54, 1.807) is 0 Å². The number of hydrogen-bond donors (Lipinski definition) is 3. The molecule has 0 spiro atoms. The van der Waals surface area contributed by atoms with Crippen LogP contribution in [0.2, 0.25) is 0 Å². The smallest absolute Gasteiger partial charge is 0.237 e. The van der Waals surface area contributed by atoms with Gasteiger partial charge in [-0.25, -0.2) is 0 Å². The molecule has 0 unspecified atom stereocenters. The van der Waals surface area contributed by atoms with Crippen molar-refractivity contribution < 1.29 is 18.4 Å². The van der Waals surface area contributed by atoms with Crippen LogP contribution in [0.4, 0.5) is 0 Å². The van der Waals surface area contributed by atoms with Crippen LogP contribution in [-0.4, -0.2) is 30.7 Å². The van der Waals surface area contributed by atoms with Crippen LogP contribution in [0.5, 0.6) is 11.5 Å². The number of fused-ring (bicyclic) bond motifs is 4. The lowest BCUT2D eigenvalue weighted by Gasteiger charge is -2.31. The molecule has 0 radical (unpaired) electrons. The first kappa shape index (κ1) is 12.4. The molecule has 2 aromatic carbocycles. The number of carbonyl (C=O) groups is 1. The first-order valence-corrected chi connectivity index (χ1v) is 8.46. The number of nitrogens with one attached hydrogen (secondary N) is 3. The van der Waals surface area contributed by atoms with Gasteiger partial charge in [-0.1, -0.05) is 24.3 Å². The monoisotopic (exact) mass is 352 g/mol. The molecule has 26 heavy (non-hydrogen) atoms. The Morgan fingerprint density at radius 1 is 1.23 bits per heavy atom. The Morgan fingerprint density at radius 2 is 2.12 bits per heavy atom. The van der Waals surface area contributed by atoms with E-state index >= 15 is 0 Å². The quantitative estimate of drug-likeness (QED) is 0.661. The summed E-state index contributed by atoms with van der Waals surface area (Å²) >= 11 is 0. The zero-order valence-electron chi connectivity index (χ0n) is 16.8. The van der Waals surface area contributed by atoms with Gasteiger partial charge in [-0.15, -0.1) is 0 Å². The molecule has 6 nitrogen and oxygen atoms in total. The number of aromatic nitrogens is 1. The van der Waals surface area contributed by atoms with E-state index < -0.39 is 18.9 Å². The highest BCUT2D eigenvalue weighted by Crippen LogP contribution is 2.39. The van der Waals surface area contributed by atoms with E-state index in [9.17, 15) is 4.79 Å². The van der Waals surface area contributed by atoms with Crippen LogP contribution in [0, 0.1) is 0 Å². The number of likely N-dealkylation sites (N-methyl/N-ethyl adjacent to an activating group) is 1. The van der Waals surface area contributed by atoms with E-state index in [0.717, 1.165) is 27.7 Å². The van der Waals surface area contributed by atoms with Crippen LogP contribution in [0.1, 0.15) is 27.0 Å². The van der Waals surface area contributed by atoms with Gasteiger partial charge in [0.1, 0.15) is 0 Å². The van der Waals surface area contributed by atoms with Crippen LogP contribution in [0.15, 0.2) is 42.5 Å². The van der Waals surface area contributed by atoms with E-state index in [-0.39, 0.29) is 12.8 Å². The second-order valence-corrected chi connectivity index (χ2v) is 6.52. The summed E-state index contributed by atoms with van der Waals surface area (Å²) < 4.78 is 33.0. The molecule has 2 aliphatic heterocycles. The van der Waals surface area contributed by atoms with Gasteiger partial charge in [0.25, 0.3) is 0 Å². The van der Waals surface area contributed by atoms with Gasteiger partial charge in [0, 0.05) is 27.7 Å². The second kappa shape index (κ2) is 5.78. The minimum atomic E-state index is -2.53. The van der Waals surface area contributed by atoms with Crippen molar-refractivity contribution in [1.82, 2.24) is 15.6 Å². The highest BCUT2D eigenvalue weighted by atomic mass is 16.7. The molecular weight excluding hydrogens is 330 g/mol. The number of benzene rings is 2. The number of hydrogen-bond acceptors (Lipinski definition) is 4. The lowest BCUT2D eigenvalue weighted by molar-refractivity contribution is -0.122. The molecule has 3 N–H and O–H groups in total. The fourth-order valence-corrected chi connectivity index (χ4v) is 3.85. The molecule has 1 aromatic heterocycles. The molecule has 0 aliphatic carbocycles. The predicted molar refractivity (Wildman–Crippen MR) is 97.4 cm³/mol. The summed E-state index contributed by atoms with van der Waals surface area (Å²) in [6.07, 6.45) is 0.391. The summed E-state index contributed by atoms with van der Waals surface area (Å²) in [6.45, 7) is -2.36. The van der Waals surface area contributed by atoms with Gasteiger partial charge in [-0.2, -0.15) is 0 Å². The van der Waals surface area contributed by atoms with Crippen LogP contribution in [0.25, 0.3) is 10.9 Å². The molecule has 3 heterocycles. The zero-order chi connectivity index (χ0) is 20.2. The highest BCUT2D eigenvalue weighted by Gasteiger charge is 2.34. The molecule has 5 rings (SSSR count). The normalized spacial score (nSPS) is 23.0. The Kier molecular flexibility index (Phi) is 2.75. The van der Waals surface area contributed by atoms with E-state index in [0.29, 0.717) is 17.9 Å². The largest absolute Gasteiger partial charge is 0.454 e. The first-order valence-electron chi connectivity index (χ1n) is 9.96. The molecule has 0 saturated heterocycles. The Morgan fingerprint density at radius 3 is 3.04 bits per heavy atom. The summed E-state index contributed by atoms with van der Waals surface area (Å²) in [7, 11) is 0. The van der Waals surface area contributed by atoms with Crippen molar-refractivity contribution in [3.8, 4) is 11.5 Å². The Hall–Kier alpha value is -2.99. The zero-order valence-corrected chi connectivity index (χ0v) is 13.8. The summed E-state index contributed by atoms with van der Waals surface area (Å²) in [5.74, 6) is 0.779. The molecule has 0 saturated carbocycles. The van der Waals surface area contributed by atoms with Crippen molar-refractivity contribution in [3.63, 3.8) is 0 Å². The van der Waals surface area contributed by atoms with Crippen molar-refractivity contribution in [2.24, 2.45) is 0 Å². The Balaban J connectivity index is 1.59. The second-order valence-electron chi connectivity index (χ2n) is 6.52. The SMILES string of the molecule is [2H]C([2H])([2H])NC(=O)[C@H]1Cc2c([nH]c3ccccc23)[C@H](c2ccc3c(c2)OCO3)N1. The number of rotatable bonds is 2. The van der Waals surface area contributed by atoms with E-state index in [1.807, 2.05) is 42.5 Å². The van der Waals surface area contributed by atoms with Gasteiger partial charge >= 0.3 is 0 Å². The fourth-order valence-electron chi connectivity index (χ4n) is 3.85. The third kappa shape index (κ3) is 2.26. The number of carbonyl (C=O) groups excluding carboxylic acids is 1. The molecule has 6 heteroatoms. The molecule has 1 amide bonds. The third-order valence-electron chi connectivity index (χ3n) is 5.08.